The molecule has 8 heteroatoms. The van der Waals surface area contributed by atoms with Crippen LogP contribution in [0.2, 0.25) is 0 Å². The molecule has 8 nitrogen and oxygen atoms in total. The summed E-state index contributed by atoms with van der Waals surface area (Å²) in [5.41, 5.74) is 14.3. The summed E-state index contributed by atoms with van der Waals surface area (Å²) in [6, 6.07) is 117. The van der Waals surface area contributed by atoms with E-state index >= 15 is 0 Å². The lowest BCUT2D eigenvalue weighted by atomic mass is 9.89. The molecule has 4 aromatic heterocycles. The number of fused-ring (bicyclic) bond motifs is 18. The Hall–Kier alpha value is -13.3. The van der Waals surface area contributed by atoms with Gasteiger partial charge in [0.15, 0.2) is 34.9 Å². The van der Waals surface area contributed by atoms with E-state index in [0.717, 1.165) is 77.9 Å². The van der Waals surface area contributed by atoms with Crippen LogP contribution in [0.5, 0.6) is 0 Å². The average molecular weight is 1250 g/mol. The third kappa shape index (κ3) is 8.85. The second-order valence-electron chi connectivity index (χ2n) is 25.3. The fourth-order valence-electron chi connectivity index (χ4n) is 15.3. The molecule has 0 spiro atoms. The van der Waals surface area contributed by atoms with E-state index in [9.17, 15) is 0 Å². The zero-order chi connectivity index (χ0) is 64.4. The Bertz CT molecular complexity index is 6580. The number of para-hydroxylation sites is 2. The highest BCUT2D eigenvalue weighted by atomic mass is 15.0. The molecule has 0 aliphatic heterocycles. The molecule has 4 heterocycles. The second-order valence-corrected chi connectivity index (χ2v) is 25.3. The fraction of sp³-hybridized carbons (Fsp3) is 0. The summed E-state index contributed by atoms with van der Waals surface area (Å²) in [5, 5.41) is 19.5. The monoisotopic (exact) mass is 1250 g/mol. The second kappa shape index (κ2) is 22.2. The van der Waals surface area contributed by atoms with Gasteiger partial charge in [-0.3, -0.25) is 0 Å². The normalized spacial score (nSPS) is 11.9. The van der Waals surface area contributed by atoms with Crippen molar-refractivity contribution in [2.45, 2.75) is 0 Å². The van der Waals surface area contributed by atoms with Gasteiger partial charge in [0, 0.05) is 66.3 Å². The van der Waals surface area contributed by atoms with Crippen LogP contribution in [0.1, 0.15) is 0 Å². The van der Waals surface area contributed by atoms with Crippen LogP contribution in [-0.4, -0.2) is 39.0 Å². The van der Waals surface area contributed by atoms with Gasteiger partial charge >= 0.3 is 0 Å². The van der Waals surface area contributed by atoms with E-state index in [4.69, 9.17) is 29.9 Å². The highest BCUT2D eigenvalue weighted by Crippen LogP contribution is 2.46. The largest absolute Gasteiger partial charge is 0.309 e. The van der Waals surface area contributed by atoms with Crippen molar-refractivity contribution >= 4 is 108 Å². The molecule has 0 aliphatic carbocycles. The Morgan fingerprint density at radius 2 is 0.541 bits per heavy atom. The molecule has 20 aromatic rings. The maximum absolute atomic E-state index is 5.34. The van der Waals surface area contributed by atoms with E-state index in [0.29, 0.717) is 34.9 Å². The number of benzene rings is 16. The van der Waals surface area contributed by atoms with Crippen molar-refractivity contribution in [3.05, 3.63) is 328 Å². The van der Waals surface area contributed by atoms with E-state index in [2.05, 4.69) is 258 Å². The van der Waals surface area contributed by atoms with Crippen molar-refractivity contribution in [1.29, 1.82) is 0 Å². The minimum Gasteiger partial charge on any atom is -0.309 e. The predicted octanol–water partition coefficient (Wildman–Crippen LogP) is 22.8. The van der Waals surface area contributed by atoms with Crippen LogP contribution in [0.4, 0.5) is 0 Å². The molecule has 20 rings (SSSR count). The summed E-state index contributed by atoms with van der Waals surface area (Å²) in [7, 11) is 0. The van der Waals surface area contributed by atoms with Gasteiger partial charge in [-0.05, 0) is 142 Å². The first-order valence-electron chi connectivity index (χ1n) is 33.2. The van der Waals surface area contributed by atoms with E-state index in [1.165, 1.54) is 86.2 Å². The van der Waals surface area contributed by atoms with Crippen molar-refractivity contribution < 1.29 is 0 Å². The summed E-state index contributed by atoms with van der Waals surface area (Å²) < 4.78 is 4.78. The molecule has 0 atom stereocenters. The number of hydrogen-bond acceptors (Lipinski definition) is 6. The molecular formula is C90H54N8. The topological polar surface area (TPSA) is 87.2 Å². The Kier molecular flexibility index (Phi) is 12.5. The standard InChI is InChI=1S/C90H54N8/c1-4-20-58(21-5-1)85-91-86(59-22-6-2-7-23-59)93-89(92-85)62-41-44-65(45-42-62)97-77-33-16-14-31-74(77)84-72-47-48-73-76(54-63-26-11-13-30-68(63)82(73)70(72)50-52-79(84)97)56-36-39-61(40-37-56)88-94-87(60-24-8-3-9-25-60)95-90(96-88)64-27-18-28-66(53-64)98-78-34-17-15-32-75(78)83-71-46-43-57-38-35-55-19-10-12-29-67(55)81(57)69(71)49-51-80(83)98/h1-54H. The zero-order valence-electron chi connectivity index (χ0n) is 52.8. The molecule has 0 unspecified atom stereocenters. The lowest BCUT2D eigenvalue weighted by molar-refractivity contribution is 1.07. The molecule has 0 amide bonds. The van der Waals surface area contributed by atoms with Gasteiger partial charge < -0.3 is 9.13 Å². The molecule has 0 radical (unpaired) electrons. The van der Waals surface area contributed by atoms with Gasteiger partial charge in [0.1, 0.15) is 0 Å². The first-order chi connectivity index (χ1) is 48.6. The molecule has 0 fully saturated rings. The van der Waals surface area contributed by atoms with Crippen LogP contribution in [0.3, 0.4) is 0 Å². The van der Waals surface area contributed by atoms with Crippen LogP contribution in [-0.2, 0) is 0 Å². The smallest absolute Gasteiger partial charge is 0.164 e. The third-order valence-corrected chi connectivity index (χ3v) is 19.8. The molecule has 454 valence electrons. The number of rotatable bonds is 9. The molecule has 0 N–H and O–H groups in total. The Balaban J connectivity index is 0.679. The van der Waals surface area contributed by atoms with E-state index in [1.807, 2.05) is 78.9 Å². The molecular weight excluding hydrogens is 1190 g/mol. The van der Waals surface area contributed by atoms with Crippen molar-refractivity contribution in [2.75, 3.05) is 0 Å². The lowest BCUT2D eigenvalue weighted by Gasteiger charge is -2.15. The number of aromatic nitrogens is 8. The van der Waals surface area contributed by atoms with Gasteiger partial charge in [0.2, 0.25) is 0 Å². The number of hydrogen-bond donors (Lipinski definition) is 0. The van der Waals surface area contributed by atoms with E-state index in [1.54, 1.807) is 0 Å². The highest BCUT2D eigenvalue weighted by Gasteiger charge is 2.23. The summed E-state index contributed by atoms with van der Waals surface area (Å²) in [6.07, 6.45) is 0. The van der Waals surface area contributed by atoms with Gasteiger partial charge in [0.05, 0.1) is 22.1 Å². The minimum absolute atomic E-state index is 0.596. The molecule has 0 bridgehead atoms. The van der Waals surface area contributed by atoms with Crippen molar-refractivity contribution in [3.63, 3.8) is 0 Å². The van der Waals surface area contributed by atoms with E-state index < -0.39 is 0 Å². The van der Waals surface area contributed by atoms with Gasteiger partial charge in [0.25, 0.3) is 0 Å². The van der Waals surface area contributed by atoms with E-state index in [-0.39, 0.29) is 0 Å². The lowest BCUT2D eigenvalue weighted by Crippen LogP contribution is -2.01. The summed E-state index contributed by atoms with van der Waals surface area (Å²) in [5.74, 6) is 3.69. The van der Waals surface area contributed by atoms with Gasteiger partial charge in [-0.1, -0.05) is 261 Å². The van der Waals surface area contributed by atoms with Gasteiger partial charge in [-0.25, -0.2) is 29.9 Å². The molecule has 0 saturated carbocycles. The molecule has 0 saturated heterocycles. The fourth-order valence-corrected chi connectivity index (χ4v) is 15.3. The van der Waals surface area contributed by atoms with Crippen LogP contribution in [0.15, 0.2) is 328 Å². The third-order valence-electron chi connectivity index (χ3n) is 19.8. The van der Waals surface area contributed by atoms with Gasteiger partial charge in [-0.2, -0.15) is 0 Å². The quantitative estimate of drug-likeness (QED) is 0.134. The Labute approximate surface area is 562 Å². The summed E-state index contributed by atoms with van der Waals surface area (Å²) >= 11 is 0. The van der Waals surface area contributed by atoms with Crippen molar-refractivity contribution in [1.82, 2.24) is 39.0 Å². The number of nitrogens with zero attached hydrogens (tertiary/aromatic N) is 8. The first-order valence-corrected chi connectivity index (χ1v) is 33.2. The molecule has 0 aliphatic rings. The highest BCUT2D eigenvalue weighted by molar-refractivity contribution is 6.32. The predicted molar refractivity (Wildman–Crippen MR) is 405 cm³/mol. The zero-order valence-corrected chi connectivity index (χ0v) is 52.8. The van der Waals surface area contributed by atoms with Crippen LogP contribution in [0.25, 0.3) is 199 Å². The van der Waals surface area contributed by atoms with Crippen LogP contribution in [0, 0.1) is 0 Å². The van der Waals surface area contributed by atoms with Crippen LogP contribution >= 0.6 is 0 Å². The van der Waals surface area contributed by atoms with Crippen molar-refractivity contribution in [2.24, 2.45) is 0 Å². The maximum atomic E-state index is 5.34. The molecule has 98 heavy (non-hydrogen) atoms. The SMILES string of the molecule is c1ccc(-c2nc(-c3ccccc3)nc(-c3ccc(-n4c5ccccc5c5c6ccc7c(-c8ccc(-c9nc(-c%10ccccc%10)nc(-c%10cccc(-n%11c%12ccccc%12c%12c%13ccc%14ccc%15ccccc%15c%14c%13ccc%12%11)c%10)n9)cc8)cc8ccccc8c7c6ccc54)cc3)n2)cc1. The maximum Gasteiger partial charge on any atom is 0.164 e. The van der Waals surface area contributed by atoms with Crippen molar-refractivity contribution in [3.8, 4) is 90.8 Å². The minimum atomic E-state index is 0.596. The Morgan fingerprint density at radius 1 is 0.173 bits per heavy atom. The Morgan fingerprint density at radius 3 is 1.10 bits per heavy atom. The summed E-state index contributed by atoms with van der Waals surface area (Å²) in [4.78, 5) is 30.8. The first kappa shape index (κ1) is 55.2. The molecule has 16 aromatic carbocycles. The average Bonchev–Trinajstić information content (AvgIpc) is 1.47. The summed E-state index contributed by atoms with van der Waals surface area (Å²) in [6.45, 7) is 0. The van der Waals surface area contributed by atoms with Gasteiger partial charge in [-0.15, -0.1) is 0 Å². The van der Waals surface area contributed by atoms with Crippen LogP contribution < -0.4 is 0 Å².